The zero-order valence-corrected chi connectivity index (χ0v) is 17.6. The van der Waals surface area contributed by atoms with Gasteiger partial charge in [0.2, 0.25) is 0 Å². The lowest BCUT2D eigenvalue weighted by molar-refractivity contribution is -0.112. The van der Waals surface area contributed by atoms with E-state index in [0.29, 0.717) is 18.2 Å². The van der Waals surface area contributed by atoms with E-state index in [0.717, 1.165) is 26.9 Å². The SMILES string of the molecule is Cc1ccc(NC(=O)/C(C#N)=C/c2ccc(OCC(C)C)c(Br)c2)cc1C. The highest BCUT2D eigenvalue weighted by atomic mass is 79.9. The zero-order chi connectivity index (χ0) is 20.0. The van der Waals surface area contributed by atoms with Crippen molar-refractivity contribution in [3.05, 3.63) is 63.1 Å². The number of rotatable bonds is 6. The highest BCUT2D eigenvalue weighted by Gasteiger charge is 2.11. The Balaban J connectivity index is 2.17. The highest BCUT2D eigenvalue weighted by Crippen LogP contribution is 2.27. The van der Waals surface area contributed by atoms with E-state index in [9.17, 15) is 10.1 Å². The summed E-state index contributed by atoms with van der Waals surface area (Å²) < 4.78 is 6.50. The van der Waals surface area contributed by atoms with Gasteiger partial charge in [0.05, 0.1) is 11.1 Å². The number of anilines is 1. The molecule has 0 bridgehead atoms. The van der Waals surface area contributed by atoms with Gasteiger partial charge in [0.15, 0.2) is 0 Å². The van der Waals surface area contributed by atoms with Crippen LogP contribution in [0.4, 0.5) is 5.69 Å². The van der Waals surface area contributed by atoms with Gasteiger partial charge in [0.25, 0.3) is 5.91 Å². The lowest BCUT2D eigenvalue weighted by atomic mass is 10.1. The number of hydrogen-bond acceptors (Lipinski definition) is 3. The second kappa shape index (κ2) is 9.38. The van der Waals surface area contributed by atoms with Gasteiger partial charge >= 0.3 is 0 Å². The molecule has 0 fully saturated rings. The molecule has 0 aliphatic heterocycles. The van der Waals surface area contributed by atoms with Gasteiger partial charge in [-0.2, -0.15) is 5.26 Å². The standard InChI is InChI=1S/C22H23BrN2O2/c1-14(2)13-27-21-8-6-17(11-20(21)23)10-18(12-24)22(26)25-19-7-5-15(3)16(4)9-19/h5-11,14H,13H2,1-4H3,(H,25,26)/b18-10+. The lowest BCUT2D eigenvalue weighted by Gasteiger charge is -2.11. The Morgan fingerprint density at radius 1 is 1.22 bits per heavy atom. The van der Waals surface area contributed by atoms with E-state index in [1.807, 2.05) is 56.3 Å². The van der Waals surface area contributed by atoms with Gasteiger partial charge in [-0.3, -0.25) is 4.79 Å². The van der Waals surface area contributed by atoms with Gasteiger partial charge < -0.3 is 10.1 Å². The minimum atomic E-state index is -0.433. The van der Waals surface area contributed by atoms with Crippen LogP contribution in [0.3, 0.4) is 0 Å². The molecule has 1 amide bonds. The largest absolute Gasteiger partial charge is 0.492 e. The molecule has 1 N–H and O–H groups in total. The predicted molar refractivity (Wildman–Crippen MR) is 113 cm³/mol. The summed E-state index contributed by atoms with van der Waals surface area (Å²) in [6, 6.07) is 13.1. The number of nitrogens with zero attached hydrogens (tertiary/aromatic N) is 1. The van der Waals surface area contributed by atoms with Crippen molar-refractivity contribution in [1.82, 2.24) is 0 Å². The summed E-state index contributed by atoms with van der Waals surface area (Å²) in [6.07, 6.45) is 1.56. The summed E-state index contributed by atoms with van der Waals surface area (Å²) in [5, 5.41) is 12.2. The van der Waals surface area contributed by atoms with E-state index < -0.39 is 5.91 Å². The number of carbonyl (C=O) groups is 1. The molecular weight excluding hydrogens is 404 g/mol. The summed E-state index contributed by atoms with van der Waals surface area (Å²) in [5.41, 5.74) is 3.68. The molecule has 140 valence electrons. The maximum atomic E-state index is 12.4. The van der Waals surface area contributed by atoms with Crippen LogP contribution in [-0.2, 0) is 4.79 Å². The van der Waals surface area contributed by atoms with Gasteiger partial charge in [-0.1, -0.05) is 26.0 Å². The maximum Gasteiger partial charge on any atom is 0.266 e. The molecule has 0 radical (unpaired) electrons. The zero-order valence-electron chi connectivity index (χ0n) is 16.0. The van der Waals surface area contributed by atoms with E-state index in [-0.39, 0.29) is 5.57 Å². The topological polar surface area (TPSA) is 62.1 Å². The molecule has 0 spiro atoms. The average molecular weight is 427 g/mol. The molecule has 0 aliphatic rings. The van der Waals surface area contributed by atoms with Crippen LogP contribution in [0.25, 0.3) is 6.08 Å². The summed E-state index contributed by atoms with van der Waals surface area (Å²) in [4.78, 5) is 12.4. The molecule has 0 saturated heterocycles. The van der Waals surface area contributed by atoms with Crippen molar-refractivity contribution in [3.8, 4) is 11.8 Å². The summed E-state index contributed by atoms with van der Waals surface area (Å²) >= 11 is 3.48. The van der Waals surface area contributed by atoms with Crippen LogP contribution >= 0.6 is 15.9 Å². The van der Waals surface area contributed by atoms with E-state index in [4.69, 9.17) is 4.74 Å². The number of nitriles is 1. The van der Waals surface area contributed by atoms with Gasteiger partial charge in [-0.15, -0.1) is 0 Å². The second-order valence-corrected chi connectivity index (χ2v) is 7.67. The number of ether oxygens (including phenoxy) is 1. The molecular formula is C22H23BrN2O2. The normalized spacial score (nSPS) is 11.2. The van der Waals surface area contributed by atoms with Crippen LogP contribution in [0.5, 0.6) is 5.75 Å². The summed E-state index contributed by atoms with van der Waals surface area (Å²) in [5.74, 6) is 0.728. The molecule has 0 atom stereocenters. The predicted octanol–water partition coefficient (Wildman–Crippen LogP) is 5.65. The second-order valence-electron chi connectivity index (χ2n) is 6.82. The third-order valence-corrected chi connectivity index (χ3v) is 4.59. The molecule has 5 heteroatoms. The maximum absolute atomic E-state index is 12.4. The smallest absolute Gasteiger partial charge is 0.266 e. The number of hydrogen-bond donors (Lipinski definition) is 1. The highest BCUT2D eigenvalue weighted by molar-refractivity contribution is 9.10. The number of benzene rings is 2. The van der Waals surface area contributed by atoms with Crippen LogP contribution in [0, 0.1) is 31.1 Å². The van der Waals surface area contributed by atoms with E-state index in [2.05, 4.69) is 35.1 Å². The minimum absolute atomic E-state index is 0.0379. The first-order chi connectivity index (χ1) is 12.8. The molecule has 2 rings (SSSR count). The van der Waals surface area contributed by atoms with Crippen molar-refractivity contribution in [2.45, 2.75) is 27.7 Å². The van der Waals surface area contributed by atoms with Gasteiger partial charge in [0.1, 0.15) is 17.4 Å². The molecule has 0 saturated carbocycles. The number of halogens is 1. The first kappa shape index (κ1) is 20.7. The molecule has 2 aromatic carbocycles. The summed E-state index contributed by atoms with van der Waals surface area (Å²) in [6.45, 7) is 8.77. The number of aryl methyl sites for hydroxylation is 2. The third kappa shape index (κ3) is 5.97. The van der Waals surface area contributed by atoms with E-state index in [1.54, 1.807) is 6.08 Å². The van der Waals surface area contributed by atoms with Crippen molar-refractivity contribution < 1.29 is 9.53 Å². The van der Waals surface area contributed by atoms with Gasteiger partial charge in [0, 0.05) is 5.69 Å². The molecule has 0 aromatic heterocycles. The van der Waals surface area contributed by atoms with Crippen LogP contribution in [-0.4, -0.2) is 12.5 Å². The number of nitrogens with one attached hydrogen (secondary N) is 1. The fraction of sp³-hybridized carbons (Fsp3) is 0.273. The van der Waals surface area contributed by atoms with Crippen molar-refractivity contribution >= 4 is 33.6 Å². The van der Waals surface area contributed by atoms with E-state index >= 15 is 0 Å². The lowest BCUT2D eigenvalue weighted by Crippen LogP contribution is -2.13. The Bertz CT molecular complexity index is 911. The average Bonchev–Trinajstić information content (AvgIpc) is 2.61. The van der Waals surface area contributed by atoms with Gasteiger partial charge in [-0.25, -0.2) is 0 Å². The summed E-state index contributed by atoms with van der Waals surface area (Å²) in [7, 11) is 0. The van der Waals surface area contributed by atoms with Crippen LogP contribution < -0.4 is 10.1 Å². The van der Waals surface area contributed by atoms with Gasteiger partial charge in [-0.05, 0) is 82.7 Å². The fourth-order valence-corrected chi connectivity index (χ4v) is 2.82. The number of amides is 1. The number of carbonyl (C=O) groups excluding carboxylic acids is 1. The monoisotopic (exact) mass is 426 g/mol. The molecule has 0 unspecified atom stereocenters. The first-order valence-electron chi connectivity index (χ1n) is 8.73. The van der Waals surface area contributed by atoms with Crippen molar-refractivity contribution in [2.75, 3.05) is 11.9 Å². The van der Waals surface area contributed by atoms with Crippen LogP contribution in [0.15, 0.2) is 46.4 Å². The third-order valence-electron chi connectivity index (χ3n) is 3.97. The van der Waals surface area contributed by atoms with Crippen molar-refractivity contribution in [2.24, 2.45) is 5.92 Å². The quantitative estimate of drug-likeness (QED) is 0.479. The molecule has 27 heavy (non-hydrogen) atoms. The molecule has 0 aliphatic carbocycles. The first-order valence-corrected chi connectivity index (χ1v) is 9.52. The molecule has 0 heterocycles. The Labute approximate surface area is 169 Å². The Kier molecular flexibility index (Phi) is 7.20. The molecule has 4 nitrogen and oxygen atoms in total. The van der Waals surface area contributed by atoms with E-state index in [1.165, 1.54) is 0 Å². The van der Waals surface area contributed by atoms with Crippen LogP contribution in [0.2, 0.25) is 0 Å². The Hall–Kier alpha value is -2.58. The fourth-order valence-electron chi connectivity index (χ4n) is 2.31. The van der Waals surface area contributed by atoms with Crippen molar-refractivity contribution in [3.63, 3.8) is 0 Å². The Morgan fingerprint density at radius 2 is 1.96 bits per heavy atom. The van der Waals surface area contributed by atoms with Crippen molar-refractivity contribution in [1.29, 1.82) is 5.26 Å². The Morgan fingerprint density at radius 3 is 2.56 bits per heavy atom. The molecule has 2 aromatic rings. The van der Waals surface area contributed by atoms with Crippen LogP contribution in [0.1, 0.15) is 30.5 Å². The minimum Gasteiger partial charge on any atom is -0.492 e.